The molecule has 0 spiro atoms. The number of carbonyl (C=O) groups is 1. The molecule has 3 rings (SSSR count). The van der Waals surface area contributed by atoms with E-state index >= 15 is 0 Å². The van der Waals surface area contributed by atoms with Crippen LogP contribution < -0.4 is 10.7 Å². The lowest BCUT2D eigenvalue weighted by molar-refractivity contribution is 0.101. The maximum atomic E-state index is 12.3. The van der Waals surface area contributed by atoms with Gasteiger partial charge in [0.1, 0.15) is 0 Å². The number of aryl methyl sites for hydroxylation is 1. The number of hydrogen-bond acceptors (Lipinski definition) is 3. The Balaban J connectivity index is 1.91. The molecule has 120 valence electrons. The minimum atomic E-state index is -0.522. The minimum absolute atomic E-state index is 0.138. The summed E-state index contributed by atoms with van der Waals surface area (Å²) in [5.41, 5.74) is 2.07. The van der Waals surface area contributed by atoms with Gasteiger partial charge in [-0.25, -0.2) is 4.68 Å². The van der Waals surface area contributed by atoms with Crippen molar-refractivity contribution in [3.63, 3.8) is 0 Å². The van der Waals surface area contributed by atoms with Gasteiger partial charge < -0.3 is 5.32 Å². The van der Waals surface area contributed by atoms with Crippen molar-refractivity contribution in [2.24, 2.45) is 0 Å². The number of amides is 1. The molecule has 0 unspecified atom stereocenters. The fraction of sp³-hybridized carbons (Fsp3) is 0.105. The minimum Gasteiger partial charge on any atom is -0.320 e. The molecule has 0 saturated heterocycles. The van der Waals surface area contributed by atoms with E-state index in [2.05, 4.69) is 17.3 Å². The number of anilines is 1. The molecule has 2 aromatic carbocycles. The number of carbonyl (C=O) groups excluding carboxylic acids is 1. The highest BCUT2D eigenvalue weighted by atomic mass is 16.2. The Morgan fingerprint density at radius 3 is 2.42 bits per heavy atom. The van der Waals surface area contributed by atoms with Gasteiger partial charge in [-0.2, -0.15) is 5.10 Å². The molecule has 1 heterocycles. The summed E-state index contributed by atoms with van der Waals surface area (Å²) in [4.78, 5) is 24.3. The van der Waals surface area contributed by atoms with Gasteiger partial charge in [0.15, 0.2) is 5.69 Å². The Labute approximate surface area is 139 Å². The van der Waals surface area contributed by atoms with E-state index in [0.29, 0.717) is 5.69 Å². The second-order valence-corrected chi connectivity index (χ2v) is 5.31. The predicted molar refractivity (Wildman–Crippen MR) is 93.6 cm³/mol. The third-order valence-corrected chi connectivity index (χ3v) is 3.66. The van der Waals surface area contributed by atoms with Gasteiger partial charge in [-0.15, -0.1) is 0 Å². The number of nitrogens with zero attached hydrogens (tertiary/aromatic N) is 2. The number of benzene rings is 2. The van der Waals surface area contributed by atoms with E-state index in [0.717, 1.165) is 12.1 Å². The molecule has 3 aromatic rings. The van der Waals surface area contributed by atoms with Gasteiger partial charge in [-0.1, -0.05) is 37.3 Å². The van der Waals surface area contributed by atoms with Crippen molar-refractivity contribution in [1.82, 2.24) is 9.78 Å². The summed E-state index contributed by atoms with van der Waals surface area (Å²) < 4.78 is 1.53. The Bertz CT molecular complexity index is 900. The molecular weight excluding hydrogens is 302 g/mol. The molecule has 0 bridgehead atoms. The van der Waals surface area contributed by atoms with Crippen molar-refractivity contribution in [2.75, 3.05) is 5.32 Å². The molecule has 5 nitrogen and oxygen atoms in total. The first-order valence-corrected chi connectivity index (χ1v) is 7.73. The Morgan fingerprint density at radius 1 is 1.04 bits per heavy atom. The van der Waals surface area contributed by atoms with Gasteiger partial charge in [0.25, 0.3) is 5.91 Å². The van der Waals surface area contributed by atoms with Crippen LogP contribution in [0.3, 0.4) is 0 Å². The number of aromatic nitrogens is 2. The van der Waals surface area contributed by atoms with Crippen LogP contribution in [0.15, 0.2) is 71.7 Å². The van der Waals surface area contributed by atoms with Crippen molar-refractivity contribution < 1.29 is 4.79 Å². The van der Waals surface area contributed by atoms with Gasteiger partial charge in [-0.05, 0) is 36.2 Å². The lowest BCUT2D eigenvalue weighted by Crippen LogP contribution is -2.25. The van der Waals surface area contributed by atoms with Crippen LogP contribution in [0.25, 0.3) is 5.69 Å². The predicted octanol–water partition coefficient (Wildman–Crippen LogP) is 3.05. The number of hydrogen-bond donors (Lipinski definition) is 1. The molecule has 1 amide bonds. The van der Waals surface area contributed by atoms with E-state index < -0.39 is 11.3 Å². The zero-order valence-corrected chi connectivity index (χ0v) is 13.3. The number of nitrogens with one attached hydrogen (secondary N) is 1. The molecule has 0 saturated carbocycles. The smallest absolute Gasteiger partial charge is 0.280 e. The highest BCUT2D eigenvalue weighted by molar-refractivity contribution is 6.02. The van der Waals surface area contributed by atoms with Crippen LogP contribution in [0.4, 0.5) is 5.69 Å². The van der Waals surface area contributed by atoms with E-state index in [4.69, 9.17) is 0 Å². The first-order chi connectivity index (χ1) is 11.7. The van der Waals surface area contributed by atoms with Gasteiger partial charge >= 0.3 is 0 Å². The molecule has 0 aliphatic carbocycles. The Kier molecular flexibility index (Phi) is 4.52. The van der Waals surface area contributed by atoms with Crippen molar-refractivity contribution in [3.8, 4) is 5.69 Å². The molecule has 1 N–H and O–H groups in total. The van der Waals surface area contributed by atoms with E-state index in [1.165, 1.54) is 16.3 Å². The molecule has 24 heavy (non-hydrogen) atoms. The van der Waals surface area contributed by atoms with Crippen molar-refractivity contribution in [2.45, 2.75) is 13.3 Å². The van der Waals surface area contributed by atoms with Crippen LogP contribution in [-0.2, 0) is 6.42 Å². The average Bonchev–Trinajstić information content (AvgIpc) is 2.63. The zero-order valence-electron chi connectivity index (χ0n) is 13.3. The van der Waals surface area contributed by atoms with Crippen LogP contribution in [-0.4, -0.2) is 15.7 Å². The van der Waals surface area contributed by atoms with Crippen molar-refractivity contribution in [3.05, 3.63) is 88.3 Å². The van der Waals surface area contributed by atoms with Crippen LogP contribution in [0.1, 0.15) is 23.0 Å². The summed E-state index contributed by atoms with van der Waals surface area (Å²) in [6.45, 7) is 2.08. The maximum absolute atomic E-state index is 12.3. The lowest BCUT2D eigenvalue weighted by atomic mass is 10.1. The van der Waals surface area contributed by atoms with Gasteiger partial charge in [0.2, 0.25) is 5.43 Å². The lowest BCUT2D eigenvalue weighted by Gasteiger charge is -2.08. The molecule has 0 fully saturated rings. The summed E-state index contributed by atoms with van der Waals surface area (Å²) >= 11 is 0. The molecule has 0 atom stereocenters. The Morgan fingerprint density at radius 2 is 1.75 bits per heavy atom. The molecule has 0 aliphatic rings. The molecule has 1 aromatic heterocycles. The summed E-state index contributed by atoms with van der Waals surface area (Å²) in [5.74, 6) is -0.522. The van der Waals surface area contributed by atoms with Crippen molar-refractivity contribution >= 4 is 11.6 Å². The second kappa shape index (κ2) is 6.91. The van der Waals surface area contributed by atoms with Gasteiger partial charge in [0.05, 0.1) is 5.69 Å². The Hall–Kier alpha value is -3.21. The average molecular weight is 319 g/mol. The van der Waals surface area contributed by atoms with E-state index in [9.17, 15) is 9.59 Å². The summed E-state index contributed by atoms with van der Waals surface area (Å²) in [5, 5.41) is 6.87. The fourth-order valence-corrected chi connectivity index (χ4v) is 2.30. The fourth-order valence-electron chi connectivity index (χ4n) is 2.30. The molecular formula is C19H17N3O2. The van der Waals surface area contributed by atoms with Crippen LogP contribution >= 0.6 is 0 Å². The van der Waals surface area contributed by atoms with Gasteiger partial charge in [-0.3, -0.25) is 9.59 Å². The standard InChI is InChI=1S/C19H17N3O2/c1-2-14-8-10-16(11-9-14)22-13-12-17(23)18(21-22)19(24)20-15-6-4-3-5-7-15/h3-13H,2H2,1H3,(H,20,24). The quantitative estimate of drug-likeness (QED) is 0.804. The molecule has 0 radical (unpaired) electrons. The third kappa shape index (κ3) is 3.41. The van der Waals surface area contributed by atoms with E-state index in [-0.39, 0.29) is 5.69 Å². The van der Waals surface area contributed by atoms with Crippen LogP contribution in [0.2, 0.25) is 0 Å². The first-order valence-electron chi connectivity index (χ1n) is 7.73. The van der Waals surface area contributed by atoms with E-state index in [1.54, 1.807) is 18.3 Å². The van der Waals surface area contributed by atoms with Crippen LogP contribution in [0, 0.1) is 0 Å². The number of para-hydroxylation sites is 1. The maximum Gasteiger partial charge on any atom is 0.280 e. The highest BCUT2D eigenvalue weighted by Crippen LogP contribution is 2.10. The molecule has 0 aliphatic heterocycles. The third-order valence-electron chi connectivity index (χ3n) is 3.66. The zero-order chi connectivity index (χ0) is 16.9. The summed E-state index contributed by atoms with van der Waals surface area (Å²) in [6, 6.07) is 18.1. The van der Waals surface area contributed by atoms with Gasteiger partial charge in [0, 0.05) is 18.0 Å². The highest BCUT2D eigenvalue weighted by Gasteiger charge is 2.13. The van der Waals surface area contributed by atoms with E-state index in [1.807, 2.05) is 42.5 Å². The SMILES string of the molecule is CCc1ccc(-n2ccc(=O)c(C(=O)Nc3ccccc3)n2)cc1. The normalized spacial score (nSPS) is 10.4. The summed E-state index contributed by atoms with van der Waals surface area (Å²) in [6.07, 6.45) is 2.51. The number of rotatable bonds is 4. The van der Waals surface area contributed by atoms with Crippen LogP contribution in [0.5, 0.6) is 0 Å². The second-order valence-electron chi connectivity index (χ2n) is 5.31. The monoisotopic (exact) mass is 319 g/mol. The van der Waals surface area contributed by atoms with Crippen molar-refractivity contribution in [1.29, 1.82) is 0 Å². The first kappa shape index (κ1) is 15.7. The summed E-state index contributed by atoms with van der Waals surface area (Å²) in [7, 11) is 0. The molecule has 5 heteroatoms. The largest absolute Gasteiger partial charge is 0.320 e. The topological polar surface area (TPSA) is 64.0 Å².